The summed E-state index contributed by atoms with van der Waals surface area (Å²) in [5, 5.41) is 21.9. The van der Waals surface area contributed by atoms with Crippen molar-refractivity contribution in [3.8, 4) is 0 Å². The average molecular weight is 278 g/mol. The van der Waals surface area contributed by atoms with Crippen molar-refractivity contribution in [1.82, 2.24) is 4.98 Å². The Labute approximate surface area is 103 Å². The summed E-state index contributed by atoms with van der Waals surface area (Å²) >= 11 is 0. The van der Waals surface area contributed by atoms with E-state index >= 15 is 0 Å². The maximum Gasteiger partial charge on any atom is 0.417 e. The van der Waals surface area contributed by atoms with E-state index in [1.54, 1.807) is 0 Å². The number of aromatic nitrogens is 1. The fraction of sp³-hybridized carbons (Fsp3) is 0.444. The van der Waals surface area contributed by atoms with Gasteiger partial charge < -0.3 is 15.2 Å². The maximum atomic E-state index is 12.4. The Morgan fingerprint density at radius 1 is 1.47 bits per heavy atom. The number of aliphatic hydroxyl groups is 2. The van der Waals surface area contributed by atoms with Crippen LogP contribution in [0.25, 0.3) is 10.4 Å². The Hall–Kier alpha value is -2.03. The van der Waals surface area contributed by atoms with E-state index in [0.29, 0.717) is 12.3 Å². The second-order valence-corrected chi connectivity index (χ2v) is 3.60. The van der Waals surface area contributed by atoms with Crippen molar-refractivity contribution in [3.63, 3.8) is 0 Å². The zero-order valence-corrected chi connectivity index (χ0v) is 9.29. The van der Waals surface area contributed by atoms with Gasteiger partial charge in [0.2, 0.25) is 0 Å². The van der Waals surface area contributed by atoms with Crippen LogP contribution in [0.1, 0.15) is 17.2 Å². The highest BCUT2D eigenvalue weighted by Crippen LogP contribution is 2.29. The number of hydrogen-bond acceptors (Lipinski definition) is 4. The van der Waals surface area contributed by atoms with Gasteiger partial charge in [-0.15, -0.1) is 0 Å². The molecule has 1 aromatic rings. The molecule has 0 bridgehead atoms. The minimum Gasteiger partial charge on any atom is -0.390 e. The van der Waals surface area contributed by atoms with Crippen molar-refractivity contribution in [2.75, 3.05) is 6.54 Å². The minimum absolute atomic E-state index is 0.433. The number of rotatable bonds is 4. The SMILES string of the molecule is [N-]=[N+]=NCC(O)C(O)c1cc(C(F)(F)F)c[nH]c1=O. The van der Waals surface area contributed by atoms with E-state index < -0.39 is 41.6 Å². The third-order valence-electron chi connectivity index (χ3n) is 2.27. The van der Waals surface area contributed by atoms with Crippen LogP contribution in [0.15, 0.2) is 22.2 Å². The molecular formula is C9H9F3N4O3. The van der Waals surface area contributed by atoms with Crippen molar-refractivity contribution in [2.45, 2.75) is 18.4 Å². The topological polar surface area (TPSA) is 122 Å². The molecule has 0 aromatic carbocycles. The number of azide groups is 1. The zero-order chi connectivity index (χ0) is 14.6. The first-order chi connectivity index (χ1) is 8.77. The van der Waals surface area contributed by atoms with Gasteiger partial charge in [-0.1, -0.05) is 5.11 Å². The summed E-state index contributed by atoms with van der Waals surface area (Å²) in [7, 11) is 0. The van der Waals surface area contributed by atoms with Crippen molar-refractivity contribution >= 4 is 0 Å². The molecule has 2 atom stereocenters. The Bertz CT molecular complexity index is 550. The summed E-state index contributed by atoms with van der Waals surface area (Å²) in [5.41, 5.74) is 5.22. The van der Waals surface area contributed by atoms with Gasteiger partial charge in [-0.2, -0.15) is 13.2 Å². The van der Waals surface area contributed by atoms with Crippen LogP contribution in [-0.2, 0) is 6.18 Å². The molecule has 10 heteroatoms. The third-order valence-corrected chi connectivity index (χ3v) is 2.27. The predicted octanol–water partition coefficient (Wildman–Crippen LogP) is 1.10. The fourth-order valence-electron chi connectivity index (χ4n) is 1.31. The summed E-state index contributed by atoms with van der Waals surface area (Å²) < 4.78 is 37.3. The van der Waals surface area contributed by atoms with Crippen LogP contribution in [-0.4, -0.2) is 27.8 Å². The lowest BCUT2D eigenvalue weighted by molar-refractivity contribution is -0.138. The van der Waals surface area contributed by atoms with Crippen LogP contribution in [0, 0.1) is 0 Å². The second-order valence-electron chi connectivity index (χ2n) is 3.60. The predicted molar refractivity (Wildman–Crippen MR) is 57.0 cm³/mol. The Kier molecular flexibility index (Phi) is 4.54. The fourth-order valence-corrected chi connectivity index (χ4v) is 1.31. The molecule has 0 aliphatic rings. The van der Waals surface area contributed by atoms with Gasteiger partial charge in [0.25, 0.3) is 5.56 Å². The summed E-state index contributed by atoms with van der Waals surface area (Å²) in [5.74, 6) is 0. The normalized spacial score (nSPS) is 14.6. The number of hydrogen-bond donors (Lipinski definition) is 3. The Morgan fingerprint density at radius 3 is 2.63 bits per heavy atom. The lowest BCUT2D eigenvalue weighted by Crippen LogP contribution is -2.28. The Morgan fingerprint density at radius 2 is 2.11 bits per heavy atom. The minimum atomic E-state index is -4.70. The first-order valence-corrected chi connectivity index (χ1v) is 4.94. The van der Waals surface area contributed by atoms with Crippen molar-refractivity contribution in [2.24, 2.45) is 5.11 Å². The molecule has 0 radical (unpaired) electrons. The molecule has 2 unspecified atom stereocenters. The lowest BCUT2D eigenvalue weighted by Gasteiger charge is -2.16. The number of nitrogens with zero attached hydrogens (tertiary/aromatic N) is 3. The number of aromatic amines is 1. The molecule has 0 saturated heterocycles. The first-order valence-electron chi connectivity index (χ1n) is 4.94. The van der Waals surface area contributed by atoms with Gasteiger partial charge in [-0.25, -0.2) is 0 Å². The van der Waals surface area contributed by atoms with Crippen molar-refractivity contribution in [3.05, 3.63) is 44.2 Å². The molecule has 0 fully saturated rings. The molecule has 1 heterocycles. The average Bonchev–Trinajstić information content (AvgIpc) is 2.34. The number of halogens is 3. The molecule has 0 amide bonds. The van der Waals surface area contributed by atoms with E-state index in [-0.39, 0.29) is 0 Å². The summed E-state index contributed by atoms with van der Waals surface area (Å²) in [4.78, 5) is 15.5. The van der Waals surface area contributed by atoms with E-state index in [1.807, 2.05) is 4.98 Å². The van der Waals surface area contributed by atoms with E-state index in [2.05, 4.69) is 10.0 Å². The number of H-pyrrole nitrogens is 1. The van der Waals surface area contributed by atoms with E-state index in [9.17, 15) is 28.2 Å². The standard InChI is InChI=1S/C9H9F3N4O3/c10-9(11,12)4-1-5(8(19)14-2-4)7(18)6(17)3-15-16-13/h1-2,6-7,17-18H,3H2,(H,14,19). The quantitative estimate of drug-likeness (QED) is 0.434. The lowest BCUT2D eigenvalue weighted by atomic mass is 10.0. The van der Waals surface area contributed by atoms with Gasteiger partial charge in [0.15, 0.2) is 0 Å². The van der Waals surface area contributed by atoms with Crippen LogP contribution in [0.5, 0.6) is 0 Å². The molecular weight excluding hydrogens is 269 g/mol. The smallest absolute Gasteiger partial charge is 0.390 e. The van der Waals surface area contributed by atoms with E-state index in [4.69, 9.17) is 5.53 Å². The molecule has 0 spiro atoms. The van der Waals surface area contributed by atoms with Gasteiger partial charge >= 0.3 is 6.18 Å². The number of nitrogens with one attached hydrogen (secondary N) is 1. The molecule has 1 rings (SSSR count). The Balaban J connectivity index is 3.12. The molecule has 3 N–H and O–H groups in total. The molecule has 1 aromatic heterocycles. The molecule has 0 saturated carbocycles. The number of pyridine rings is 1. The monoisotopic (exact) mass is 278 g/mol. The van der Waals surface area contributed by atoms with Gasteiger partial charge in [0.05, 0.1) is 18.2 Å². The van der Waals surface area contributed by atoms with Crippen LogP contribution >= 0.6 is 0 Å². The molecule has 104 valence electrons. The van der Waals surface area contributed by atoms with Gasteiger partial charge in [-0.3, -0.25) is 4.79 Å². The van der Waals surface area contributed by atoms with Gasteiger partial charge in [0.1, 0.15) is 6.10 Å². The van der Waals surface area contributed by atoms with Gasteiger partial charge in [0, 0.05) is 16.7 Å². The van der Waals surface area contributed by atoms with E-state index in [0.717, 1.165) is 0 Å². The van der Waals surface area contributed by atoms with Crippen LogP contribution in [0.2, 0.25) is 0 Å². The van der Waals surface area contributed by atoms with Gasteiger partial charge in [-0.05, 0) is 11.6 Å². The summed E-state index contributed by atoms with van der Waals surface area (Å²) in [6.45, 7) is -0.576. The highest BCUT2D eigenvalue weighted by Gasteiger charge is 2.32. The third kappa shape index (κ3) is 3.71. The first kappa shape index (κ1) is 15.0. The molecule has 0 aliphatic heterocycles. The summed E-state index contributed by atoms with van der Waals surface area (Å²) in [6, 6.07) is 0.433. The molecule has 7 nitrogen and oxygen atoms in total. The van der Waals surface area contributed by atoms with Crippen LogP contribution < -0.4 is 5.56 Å². The highest BCUT2D eigenvalue weighted by molar-refractivity contribution is 5.23. The number of alkyl halides is 3. The number of aliphatic hydroxyl groups excluding tert-OH is 2. The molecule has 0 aliphatic carbocycles. The maximum absolute atomic E-state index is 12.4. The van der Waals surface area contributed by atoms with Crippen molar-refractivity contribution in [1.29, 1.82) is 0 Å². The largest absolute Gasteiger partial charge is 0.417 e. The van der Waals surface area contributed by atoms with Crippen molar-refractivity contribution < 1.29 is 23.4 Å². The molecule has 19 heavy (non-hydrogen) atoms. The highest BCUT2D eigenvalue weighted by atomic mass is 19.4. The summed E-state index contributed by atoms with van der Waals surface area (Å²) in [6.07, 6.45) is -7.82. The zero-order valence-electron chi connectivity index (χ0n) is 9.29. The van der Waals surface area contributed by atoms with Crippen LogP contribution in [0.4, 0.5) is 13.2 Å². The second kappa shape index (κ2) is 5.74. The van der Waals surface area contributed by atoms with Crippen LogP contribution in [0.3, 0.4) is 0 Å². The van der Waals surface area contributed by atoms with E-state index in [1.165, 1.54) is 0 Å².